The van der Waals surface area contributed by atoms with Gasteiger partial charge in [0, 0.05) is 31.6 Å². The Kier molecular flexibility index (Phi) is 4.83. The van der Waals surface area contributed by atoms with Crippen LogP contribution in [0.1, 0.15) is 26.2 Å². The summed E-state index contributed by atoms with van der Waals surface area (Å²) in [7, 11) is -4.00. The van der Waals surface area contributed by atoms with E-state index in [1.165, 1.54) is 11.2 Å². The molecule has 1 amide bonds. The average Bonchev–Trinajstić information content (AvgIpc) is 2.75. The van der Waals surface area contributed by atoms with Crippen molar-refractivity contribution in [1.29, 1.82) is 0 Å². The van der Waals surface area contributed by atoms with Gasteiger partial charge in [-0.2, -0.15) is 4.31 Å². The van der Waals surface area contributed by atoms with Crippen LogP contribution in [0.25, 0.3) is 0 Å². The van der Waals surface area contributed by atoms with Gasteiger partial charge in [0.25, 0.3) is 0 Å². The number of carbonyl (C=O) groups is 1. The molecule has 2 aliphatic rings. The van der Waals surface area contributed by atoms with E-state index >= 15 is 0 Å². The van der Waals surface area contributed by atoms with Gasteiger partial charge in [-0.3, -0.25) is 4.79 Å². The number of nitrogens with zero attached hydrogens (tertiary/aromatic N) is 1. The van der Waals surface area contributed by atoms with E-state index in [0.717, 1.165) is 31.5 Å². The SMILES string of the molecule is CC(=O)Nc1cc(F)c(S(=O)(=O)N2C3CCNCC2CC3)cc1Cl. The molecule has 132 valence electrons. The predicted molar refractivity (Wildman–Crippen MR) is 89.0 cm³/mol. The highest BCUT2D eigenvalue weighted by Gasteiger charge is 2.44. The Bertz CT molecular complexity index is 757. The number of hydrogen-bond donors (Lipinski definition) is 2. The van der Waals surface area contributed by atoms with Gasteiger partial charge in [0.05, 0.1) is 10.7 Å². The fourth-order valence-corrected chi connectivity index (χ4v) is 5.71. The normalized spacial score (nSPS) is 24.6. The minimum Gasteiger partial charge on any atom is -0.325 e. The van der Waals surface area contributed by atoms with Gasteiger partial charge in [-0.05, 0) is 31.9 Å². The van der Waals surface area contributed by atoms with Crippen LogP contribution in [0.3, 0.4) is 0 Å². The van der Waals surface area contributed by atoms with Gasteiger partial charge in [0.15, 0.2) is 0 Å². The largest absolute Gasteiger partial charge is 0.325 e. The van der Waals surface area contributed by atoms with Crippen molar-refractivity contribution in [2.45, 2.75) is 43.2 Å². The molecule has 6 nitrogen and oxygen atoms in total. The van der Waals surface area contributed by atoms with E-state index in [1.54, 1.807) is 0 Å². The van der Waals surface area contributed by atoms with E-state index < -0.39 is 26.6 Å². The zero-order valence-electron chi connectivity index (χ0n) is 13.2. The number of amides is 1. The van der Waals surface area contributed by atoms with Crippen molar-refractivity contribution in [3.05, 3.63) is 23.0 Å². The van der Waals surface area contributed by atoms with Crippen LogP contribution in [0.15, 0.2) is 17.0 Å². The third kappa shape index (κ3) is 3.15. The van der Waals surface area contributed by atoms with E-state index in [0.29, 0.717) is 13.0 Å². The molecule has 2 unspecified atom stereocenters. The molecule has 0 aromatic heterocycles. The van der Waals surface area contributed by atoms with Crippen molar-refractivity contribution in [2.24, 2.45) is 0 Å². The van der Waals surface area contributed by atoms with Crippen molar-refractivity contribution in [1.82, 2.24) is 9.62 Å². The number of fused-ring (bicyclic) bond motifs is 2. The molecule has 9 heteroatoms. The summed E-state index contributed by atoms with van der Waals surface area (Å²) in [6.45, 7) is 2.58. The minimum absolute atomic E-state index is 0.00883. The Hall–Kier alpha value is -1.22. The molecule has 1 aromatic carbocycles. The summed E-state index contributed by atoms with van der Waals surface area (Å²) in [4.78, 5) is 10.7. The van der Waals surface area contributed by atoms with Crippen molar-refractivity contribution >= 4 is 33.2 Å². The number of nitrogens with one attached hydrogen (secondary N) is 2. The Morgan fingerprint density at radius 2 is 2.04 bits per heavy atom. The summed E-state index contributed by atoms with van der Waals surface area (Å²) >= 11 is 6.03. The van der Waals surface area contributed by atoms with E-state index in [2.05, 4.69) is 10.6 Å². The first-order valence-corrected chi connectivity index (χ1v) is 9.63. The summed E-state index contributed by atoms with van der Waals surface area (Å²) in [5, 5.41) is 5.59. The predicted octanol–water partition coefficient (Wildman–Crippen LogP) is 1.95. The van der Waals surface area contributed by atoms with Gasteiger partial charge in [-0.1, -0.05) is 11.6 Å². The molecule has 0 spiro atoms. The summed E-state index contributed by atoms with van der Waals surface area (Å²) in [6, 6.07) is 1.74. The summed E-state index contributed by atoms with van der Waals surface area (Å²) in [5.74, 6) is -1.33. The maximum atomic E-state index is 14.5. The van der Waals surface area contributed by atoms with Crippen LogP contribution in [-0.4, -0.2) is 43.8 Å². The van der Waals surface area contributed by atoms with Gasteiger partial charge in [0.1, 0.15) is 10.7 Å². The molecule has 2 heterocycles. The lowest BCUT2D eigenvalue weighted by molar-refractivity contribution is -0.114. The molecule has 24 heavy (non-hydrogen) atoms. The molecule has 2 N–H and O–H groups in total. The topological polar surface area (TPSA) is 78.5 Å². The van der Waals surface area contributed by atoms with Crippen LogP contribution < -0.4 is 10.6 Å². The van der Waals surface area contributed by atoms with Crippen LogP contribution in [0, 0.1) is 5.82 Å². The van der Waals surface area contributed by atoms with Crippen LogP contribution in [0.5, 0.6) is 0 Å². The molecule has 2 bridgehead atoms. The first-order valence-electron chi connectivity index (χ1n) is 7.81. The first kappa shape index (κ1) is 17.6. The third-order valence-corrected chi connectivity index (χ3v) is 6.81. The monoisotopic (exact) mass is 375 g/mol. The first-order chi connectivity index (χ1) is 11.3. The van der Waals surface area contributed by atoms with Gasteiger partial charge < -0.3 is 10.6 Å². The van der Waals surface area contributed by atoms with E-state index in [1.807, 2.05) is 0 Å². The summed E-state index contributed by atoms with van der Waals surface area (Å²) < 4.78 is 41.9. The van der Waals surface area contributed by atoms with Crippen molar-refractivity contribution < 1.29 is 17.6 Å². The smallest absolute Gasteiger partial charge is 0.246 e. The van der Waals surface area contributed by atoms with Crippen LogP contribution in [0.2, 0.25) is 5.02 Å². The highest BCUT2D eigenvalue weighted by Crippen LogP contribution is 2.36. The number of carbonyl (C=O) groups excluding carboxylic acids is 1. The molecule has 2 aliphatic heterocycles. The van der Waals surface area contributed by atoms with Gasteiger partial charge in [0.2, 0.25) is 15.9 Å². The van der Waals surface area contributed by atoms with Crippen LogP contribution in [0.4, 0.5) is 10.1 Å². The second-order valence-corrected chi connectivity index (χ2v) is 8.38. The van der Waals surface area contributed by atoms with E-state index in [-0.39, 0.29) is 22.8 Å². The Morgan fingerprint density at radius 1 is 1.33 bits per heavy atom. The lowest BCUT2D eigenvalue weighted by Gasteiger charge is -2.27. The fraction of sp³-hybridized carbons (Fsp3) is 0.533. The summed E-state index contributed by atoms with van der Waals surface area (Å²) in [6.07, 6.45) is 2.25. The number of rotatable bonds is 3. The van der Waals surface area contributed by atoms with Crippen molar-refractivity contribution in [2.75, 3.05) is 18.4 Å². The standard InChI is InChI=1S/C15H19ClFN3O3S/c1-9(21)19-14-7-13(17)15(6-12(14)16)24(22,23)20-10-2-3-11(20)8-18-5-4-10/h6-7,10-11,18H,2-5,8H2,1H3,(H,19,21). The molecule has 2 fully saturated rings. The number of sulfonamides is 1. The Labute approximate surface area is 145 Å². The van der Waals surface area contributed by atoms with Crippen molar-refractivity contribution in [3.63, 3.8) is 0 Å². The summed E-state index contributed by atoms with van der Waals surface area (Å²) in [5.41, 5.74) is 0.0566. The second-order valence-electron chi connectivity index (χ2n) is 6.16. The Morgan fingerprint density at radius 3 is 2.75 bits per heavy atom. The minimum atomic E-state index is -4.00. The number of benzene rings is 1. The molecule has 2 saturated heterocycles. The molecular weight excluding hydrogens is 357 g/mol. The fourth-order valence-electron chi connectivity index (χ4n) is 3.46. The maximum Gasteiger partial charge on any atom is 0.246 e. The maximum absolute atomic E-state index is 14.5. The Balaban J connectivity index is 2.01. The highest BCUT2D eigenvalue weighted by molar-refractivity contribution is 7.89. The van der Waals surface area contributed by atoms with Gasteiger partial charge in [-0.25, -0.2) is 12.8 Å². The van der Waals surface area contributed by atoms with Gasteiger partial charge >= 0.3 is 0 Å². The molecule has 1 aromatic rings. The van der Waals surface area contributed by atoms with Crippen molar-refractivity contribution in [3.8, 4) is 0 Å². The zero-order valence-corrected chi connectivity index (χ0v) is 14.8. The lowest BCUT2D eigenvalue weighted by atomic mass is 10.1. The van der Waals surface area contributed by atoms with Crippen LogP contribution >= 0.6 is 11.6 Å². The average molecular weight is 376 g/mol. The number of anilines is 1. The van der Waals surface area contributed by atoms with Gasteiger partial charge in [-0.15, -0.1) is 0 Å². The molecular formula is C15H19ClFN3O3S. The van der Waals surface area contributed by atoms with Crippen LogP contribution in [-0.2, 0) is 14.8 Å². The molecule has 0 saturated carbocycles. The second kappa shape index (κ2) is 6.59. The zero-order chi connectivity index (χ0) is 17.5. The lowest BCUT2D eigenvalue weighted by Crippen LogP contribution is -2.42. The van der Waals surface area contributed by atoms with E-state index in [9.17, 15) is 17.6 Å². The number of halogens is 2. The highest BCUT2D eigenvalue weighted by atomic mass is 35.5. The number of hydrogen-bond acceptors (Lipinski definition) is 4. The molecule has 0 radical (unpaired) electrons. The third-order valence-electron chi connectivity index (χ3n) is 4.47. The molecule has 2 atom stereocenters. The molecule has 0 aliphatic carbocycles. The quantitative estimate of drug-likeness (QED) is 0.846. The van der Waals surface area contributed by atoms with E-state index in [4.69, 9.17) is 11.6 Å². The molecule has 3 rings (SSSR count).